The highest BCUT2D eigenvalue weighted by molar-refractivity contribution is 5.81. The molecule has 0 bridgehead atoms. The number of carbonyl (C=O) groups excluding carboxylic acids is 1. The molecule has 4 aromatic rings. The van der Waals surface area contributed by atoms with Crippen molar-refractivity contribution in [2.24, 2.45) is 0 Å². The largest absolute Gasteiger partial charge is 0.493 e. The highest BCUT2D eigenvalue weighted by atomic mass is 16.6. The molecule has 0 saturated carbocycles. The molecule has 1 aliphatic rings. The minimum Gasteiger partial charge on any atom is -0.493 e. The summed E-state index contributed by atoms with van der Waals surface area (Å²) in [5.41, 5.74) is 4.80. The van der Waals surface area contributed by atoms with Crippen LogP contribution in [0.5, 0.6) is 5.75 Å². The summed E-state index contributed by atoms with van der Waals surface area (Å²) in [7, 11) is 1.38. The van der Waals surface area contributed by atoms with E-state index in [1.165, 1.54) is 7.11 Å². The van der Waals surface area contributed by atoms with Gasteiger partial charge in [-0.1, -0.05) is 48.6 Å². The van der Waals surface area contributed by atoms with E-state index in [2.05, 4.69) is 43.2 Å². The number of nitrogens with zero attached hydrogens (tertiary/aromatic N) is 4. The zero-order valence-electron chi connectivity index (χ0n) is 29.1. The number of piperidine rings is 1. The maximum absolute atomic E-state index is 13.4. The third-order valence-corrected chi connectivity index (χ3v) is 8.56. The number of aryl methyl sites for hydroxylation is 1. The summed E-state index contributed by atoms with van der Waals surface area (Å²) >= 11 is 0. The van der Waals surface area contributed by atoms with E-state index in [-0.39, 0.29) is 5.60 Å². The first-order chi connectivity index (χ1) is 23.0. The third-order valence-electron chi connectivity index (χ3n) is 8.56. The molecule has 3 heterocycles. The standard InChI is InChI=1S/C39H48N4O5/c1-9-11-24-46-32-18-13-12-17-30(32)28-15-14-16-29(25-28)31-26-33-40-27(3)34(35(37(44)45-8)48-38(4,5)6)36(43(33)41-31)42-21-19-39(7,20-22-42)47-23-10-2/h9-10,12-18,25-26,35H,1-2,11,19-24H2,3-8H3/t35-/m0/s1. The first-order valence-electron chi connectivity index (χ1n) is 16.6. The van der Waals surface area contributed by atoms with Gasteiger partial charge in [0.1, 0.15) is 11.6 Å². The van der Waals surface area contributed by atoms with Crippen LogP contribution in [0, 0.1) is 6.92 Å². The Morgan fingerprint density at radius 2 is 1.77 bits per heavy atom. The number of fused-ring (bicyclic) bond motifs is 1. The molecule has 48 heavy (non-hydrogen) atoms. The minimum absolute atomic E-state index is 0.281. The van der Waals surface area contributed by atoms with Crippen molar-refractivity contribution in [2.75, 3.05) is 38.3 Å². The molecule has 1 saturated heterocycles. The van der Waals surface area contributed by atoms with Crippen LogP contribution in [0.25, 0.3) is 28.0 Å². The van der Waals surface area contributed by atoms with Crippen LogP contribution in [0.2, 0.25) is 0 Å². The van der Waals surface area contributed by atoms with Crippen LogP contribution in [0.15, 0.2) is 79.9 Å². The topological polar surface area (TPSA) is 87.4 Å². The zero-order valence-corrected chi connectivity index (χ0v) is 29.1. The fourth-order valence-corrected chi connectivity index (χ4v) is 6.08. The van der Waals surface area contributed by atoms with Gasteiger partial charge in [0.15, 0.2) is 11.8 Å². The average Bonchev–Trinajstić information content (AvgIpc) is 3.50. The Morgan fingerprint density at radius 1 is 1.04 bits per heavy atom. The molecule has 9 nitrogen and oxygen atoms in total. The number of para-hydroxylation sites is 1. The van der Waals surface area contributed by atoms with Crippen molar-refractivity contribution in [1.82, 2.24) is 14.6 Å². The zero-order chi connectivity index (χ0) is 34.5. The first-order valence-corrected chi connectivity index (χ1v) is 16.6. The molecule has 5 rings (SSSR count). The fraction of sp³-hybridized carbons (Fsp3) is 0.410. The summed E-state index contributed by atoms with van der Waals surface area (Å²) < 4.78 is 25.8. The molecule has 0 spiro atoms. The van der Waals surface area contributed by atoms with Crippen LogP contribution >= 0.6 is 0 Å². The fourth-order valence-electron chi connectivity index (χ4n) is 6.08. The van der Waals surface area contributed by atoms with Crippen molar-refractivity contribution in [2.45, 2.75) is 71.2 Å². The number of carbonyl (C=O) groups is 1. The maximum Gasteiger partial charge on any atom is 0.339 e. The Labute approximate surface area is 284 Å². The molecule has 9 heteroatoms. The molecular formula is C39H48N4O5. The van der Waals surface area contributed by atoms with Gasteiger partial charge < -0.3 is 23.8 Å². The highest BCUT2D eigenvalue weighted by Gasteiger charge is 2.38. The second-order valence-corrected chi connectivity index (χ2v) is 13.4. The van der Waals surface area contributed by atoms with Crippen LogP contribution in [0.3, 0.4) is 0 Å². The van der Waals surface area contributed by atoms with Gasteiger partial charge in [-0.2, -0.15) is 9.61 Å². The normalized spacial score (nSPS) is 15.2. The number of anilines is 1. The van der Waals surface area contributed by atoms with E-state index in [1.54, 1.807) is 6.08 Å². The molecule has 1 atom stereocenters. The molecule has 0 aliphatic carbocycles. The molecule has 0 amide bonds. The summed E-state index contributed by atoms with van der Waals surface area (Å²) in [4.78, 5) is 20.6. The summed E-state index contributed by atoms with van der Waals surface area (Å²) in [6.07, 6.45) is 4.98. The van der Waals surface area contributed by atoms with Crippen molar-refractivity contribution in [3.63, 3.8) is 0 Å². The number of aromatic nitrogens is 3. The number of rotatable bonds is 13. The predicted molar refractivity (Wildman–Crippen MR) is 191 cm³/mol. The van der Waals surface area contributed by atoms with Gasteiger partial charge in [0, 0.05) is 36.0 Å². The summed E-state index contributed by atoms with van der Waals surface area (Å²) in [6, 6.07) is 18.3. The third kappa shape index (κ3) is 7.80. The molecular weight excluding hydrogens is 604 g/mol. The molecule has 2 aromatic carbocycles. The van der Waals surface area contributed by atoms with E-state index < -0.39 is 17.7 Å². The quantitative estimate of drug-likeness (QED) is 0.0818. The van der Waals surface area contributed by atoms with Gasteiger partial charge in [-0.3, -0.25) is 0 Å². The highest BCUT2D eigenvalue weighted by Crippen LogP contribution is 2.39. The lowest BCUT2D eigenvalue weighted by Gasteiger charge is -2.41. The Morgan fingerprint density at radius 3 is 2.46 bits per heavy atom. The van der Waals surface area contributed by atoms with Gasteiger partial charge in [0.05, 0.1) is 42.8 Å². The van der Waals surface area contributed by atoms with Crippen LogP contribution in [-0.2, 0) is 19.0 Å². The van der Waals surface area contributed by atoms with Crippen molar-refractivity contribution in [1.29, 1.82) is 0 Å². The van der Waals surface area contributed by atoms with Crippen molar-refractivity contribution < 1.29 is 23.7 Å². The van der Waals surface area contributed by atoms with Gasteiger partial charge in [-0.15, -0.1) is 13.2 Å². The lowest BCUT2D eigenvalue weighted by molar-refractivity contribution is -0.164. The monoisotopic (exact) mass is 652 g/mol. The second kappa shape index (κ2) is 14.7. The van der Waals surface area contributed by atoms with Gasteiger partial charge >= 0.3 is 5.97 Å². The molecule has 0 unspecified atom stereocenters. The Bertz CT molecular complexity index is 1760. The van der Waals surface area contributed by atoms with E-state index in [0.717, 1.165) is 53.2 Å². The van der Waals surface area contributed by atoms with Crippen LogP contribution in [0.4, 0.5) is 5.82 Å². The van der Waals surface area contributed by atoms with Gasteiger partial charge in [0.25, 0.3) is 0 Å². The summed E-state index contributed by atoms with van der Waals surface area (Å²) in [5, 5.41) is 5.15. The van der Waals surface area contributed by atoms with E-state index in [4.69, 9.17) is 29.0 Å². The minimum atomic E-state index is -0.999. The first kappa shape index (κ1) is 34.9. The SMILES string of the molecule is C=CCCOc1ccccc1-c1cccc(-c2cc3nc(C)c([C@H](OC(C)(C)C)C(=O)OC)c(N4CCC(C)(OCC=C)CC4)n3n2)c1. The summed E-state index contributed by atoms with van der Waals surface area (Å²) in [5.74, 6) is 1.10. The molecule has 254 valence electrons. The van der Waals surface area contributed by atoms with E-state index in [0.29, 0.717) is 43.2 Å². The van der Waals surface area contributed by atoms with Gasteiger partial charge in [-0.05, 0) is 71.6 Å². The van der Waals surface area contributed by atoms with E-state index >= 15 is 0 Å². The lowest BCUT2D eigenvalue weighted by atomic mass is 9.92. The Hall–Kier alpha value is -4.47. The Kier molecular flexibility index (Phi) is 10.7. The van der Waals surface area contributed by atoms with Gasteiger partial charge in [0.2, 0.25) is 0 Å². The van der Waals surface area contributed by atoms with Crippen molar-refractivity contribution in [3.05, 3.63) is 91.2 Å². The van der Waals surface area contributed by atoms with E-state index in [9.17, 15) is 4.79 Å². The Balaban J connectivity index is 1.62. The molecule has 0 N–H and O–H groups in total. The maximum atomic E-state index is 13.4. The van der Waals surface area contributed by atoms with E-state index in [1.807, 2.05) is 74.7 Å². The number of benzene rings is 2. The van der Waals surface area contributed by atoms with Crippen LogP contribution in [0.1, 0.15) is 64.3 Å². The summed E-state index contributed by atoms with van der Waals surface area (Å²) in [6.45, 7) is 19.9. The van der Waals surface area contributed by atoms with Crippen LogP contribution in [-0.4, -0.2) is 65.2 Å². The van der Waals surface area contributed by atoms with Crippen molar-refractivity contribution in [3.8, 4) is 28.1 Å². The number of methoxy groups -OCH3 is 1. The lowest BCUT2D eigenvalue weighted by Crippen LogP contribution is -2.45. The smallest absolute Gasteiger partial charge is 0.339 e. The van der Waals surface area contributed by atoms with Gasteiger partial charge in [-0.25, -0.2) is 9.78 Å². The molecule has 0 radical (unpaired) electrons. The molecule has 1 aliphatic heterocycles. The predicted octanol–water partition coefficient (Wildman–Crippen LogP) is 7.92. The number of hydrogen-bond acceptors (Lipinski definition) is 8. The van der Waals surface area contributed by atoms with Crippen molar-refractivity contribution >= 4 is 17.4 Å². The number of hydrogen-bond donors (Lipinski definition) is 0. The average molecular weight is 653 g/mol. The molecule has 1 fully saturated rings. The van der Waals surface area contributed by atoms with Crippen LogP contribution < -0.4 is 9.64 Å². The molecule has 2 aromatic heterocycles. The number of esters is 1. The second-order valence-electron chi connectivity index (χ2n) is 13.4. The number of ether oxygens (including phenoxy) is 4.